The molecule has 1 aliphatic rings. The lowest BCUT2D eigenvalue weighted by molar-refractivity contribution is -0.130. The van der Waals surface area contributed by atoms with Gasteiger partial charge in [0.2, 0.25) is 5.91 Å². The fourth-order valence-corrected chi connectivity index (χ4v) is 5.70. The number of benzene rings is 1. The predicted octanol–water partition coefficient (Wildman–Crippen LogP) is 2.58. The molecule has 2 rings (SSSR count). The van der Waals surface area contributed by atoms with Crippen molar-refractivity contribution in [1.29, 1.82) is 0 Å². The molecule has 0 radical (unpaired) electrons. The van der Waals surface area contributed by atoms with Crippen LogP contribution < -0.4 is 0 Å². The Morgan fingerprint density at radius 3 is 2.76 bits per heavy atom. The third kappa shape index (κ3) is 4.47. The predicted molar refractivity (Wildman–Crippen MR) is 89.3 cm³/mol. The Labute approximate surface area is 138 Å². The summed E-state index contributed by atoms with van der Waals surface area (Å²) in [6.07, 6.45) is 0.541. The Hall–Kier alpha value is -0.530. The van der Waals surface area contributed by atoms with Crippen LogP contribution in [-0.2, 0) is 14.6 Å². The lowest BCUT2D eigenvalue weighted by Gasteiger charge is -2.26. The van der Waals surface area contributed by atoms with Gasteiger partial charge < -0.3 is 4.90 Å². The van der Waals surface area contributed by atoms with E-state index in [9.17, 15) is 13.2 Å². The highest BCUT2D eigenvalue weighted by Crippen LogP contribution is 2.28. The van der Waals surface area contributed by atoms with E-state index in [0.717, 1.165) is 9.37 Å². The molecule has 4 nitrogen and oxygen atoms in total. The maximum absolute atomic E-state index is 12.4. The average Bonchev–Trinajstić information content (AvgIpc) is 2.77. The highest BCUT2D eigenvalue weighted by atomic mass is 79.9. The topological polar surface area (TPSA) is 54.5 Å². The smallest absolute Gasteiger partial charge is 0.235 e. The van der Waals surface area contributed by atoms with E-state index in [1.54, 1.807) is 11.9 Å². The van der Waals surface area contributed by atoms with E-state index in [4.69, 9.17) is 0 Å². The number of thioether (sulfide) groups is 1. The van der Waals surface area contributed by atoms with Crippen LogP contribution in [0.1, 0.15) is 13.3 Å². The largest absolute Gasteiger partial charge is 0.341 e. The van der Waals surface area contributed by atoms with Gasteiger partial charge >= 0.3 is 0 Å². The van der Waals surface area contributed by atoms with Crippen molar-refractivity contribution in [3.05, 3.63) is 28.7 Å². The monoisotopic (exact) mass is 391 g/mol. The molecule has 1 saturated heterocycles. The molecule has 1 aliphatic heterocycles. The summed E-state index contributed by atoms with van der Waals surface area (Å²) in [7, 11) is -1.27. The SMILES string of the molecule is CC(Sc1cccc(Br)c1)C(=O)N(C)C1CCS(=O)(=O)C1. The summed E-state index contributed by atoms with van der Waals surface area (Å²) in [5, 5.41) is -0.243. The molecule has 1 amide bonds. The first kappa shape index (κ1) is 16.8. The van der Waals surface area contributed by atoms with Crippen LogP contribution in [0, 0.1) is 0 Å². The molecule has 1 fully saturated rings. The fraction of sp³-hybridized carbons (Fsp3) is 0.500. The zero-order chi connectivity index (χ0) is 15.6. The van der Waals surface area contributed by atoms with Crippen molar-refractivity contribution in [1.82, 2.24) is 4.90 Å². The van der Waals surface area contributed by atoms with Gasteiger partial charge in [-0.1, -0.05) is 22.0 Å². The normalized spacial score (nSPS) is 22.0. The molecular weight excluding hydrogens is 374 g/mol. The van der Waals surface area contributed by atoms with E-state index in [-0.39, 0.29) is 28.7 Å². The second kappa shape index (κ2) is 6.71. The molecule has 2 atom stereocenters. The molecule has 0 saturated carbocycles. The third-order valence-corrected chi connectivity index (χ3v) is 6.89. The number of carbonyl (C=O) groups excluding carboxylic acids is 1. The highest BCUT2D eigenvalue weighted by molar-refractivity contribution is 9.10. The van der Waals surface area contributed by atoms with Gasteiger partial charge in [-0.25, -0.2) is 8.42 Å². The number of rotatable bonds is 4. The maximum atomic E-state index is 12.4. The van der Waals surface area contributed by atoms with Crippen molar-refractivity contribution < 1.29 is 13.2 Å². The summed E-state index contributed by atoms with van der Waals surface area (Å²) in [6.45, 7) is 1.86. The zero-order valence-corrected chi connectivity index (χ0v) is 15.2. The molecule has 1 heterocycles. The Balaban J connectivity index is 1.99. The van der Waals surface area contributed by atoms with Crippen LogP contribution in [0.5, 0.6) is 0 Å². The summed E-state index contributed by atoms with van der Waals surface area (Å²) in [5.74, 6) is 0.244. The lowest BCUT2D eigenvalue weighted by atomic mass is 10.2. The molecule has 1 aromatic rings. The molecule has 0 spiro atoms. The van der Waals surface area contributed by atoms with E-state index in [2.05, 4.69) is 15.9 Å². The van der Waals surface area contributed by atoms with Crippen LogP contribution >= 0.6 is 27.7 Å². The number of hydrogen-bond acceptors (Lipinski definition) is 4. The van der Waals surface area contributed by atoms with Gasteiger partial charge in [0.25, 0.3) is 0 Å². The van der Waals surface area contributed by atoms with Crippen molar-refractivity contribution in [2.75, 3.05) is 18.6 Å². The maximum Gasteiger partial charge on any atom is 0.235 e. The number of halogens is 1. The zero-order valence-electron chi connectivity index (χ0n) is 12.0. The molecule has 0 aliphatic carbocycles. The van der Waals surface area contributed by atoms with Gasteiger partial charge in [-0.15, -0.1) is 11.8 Å². The van der Waals surface area contributed by atoms with Gasteiger partial charge in [-0.3, -0.25) is 4.79 Å². The van der Waals surface area contributed by atoms with Gasteiger partial charge in [0, 0.05) is 22.5 Å². The van der Waals surface area contributed by atoms with Crippen molar-refractivity contribution in [2.45, 2.75) is 29.5 Å². The van der Waals surface area contributed by atoms with Crippen LogP contribution in [0.4, 0.5) is 0 Å². The van der Waals surface area contributed by atoms with Gasteiger partial charge in [0.15, 0.2) is 9.84 Å². The molecule has 116 valence electrons. The fourth-order valence-electron chi connectivity index (χ4n) is 2.34. The number of hydrogen-bond donors (Lipinski definition) is 0. The van der Waals surface area contributed by atoms with Gasteiger partial charge in [0.1, 0.15) is 0 Å². The quantitative estimate of drug-likeness (QED) is 0.740. The Morgan fingerprint density at radius 2 is 2.19 bits per heavy atom. The van der Waals surface area contributed by atoms with E-state index >= 15 is 0 Å². The minimum Gasteiger partial charge on any atom is -0.341 e. The minimum atomic E-state index is -2.97. The highest BCUT2D eigenvalue weighted by Gasteiger charge is 2.34. The summed E-state index contributed by atoms with van der Waals surface area (Å²) in [6, 6.07) is 7.60. The standard InChI is InChI=1S/C14H18BrNO3S2/c1-10(20-13-5-3-4-11(15)8-13)14(17)16(2)12-6-7-21(18,19)9-12/h3-5,8,10,12H,6-7,9H2,1-2H3. The summed E-state index contributed by atoms with van der Waals surface area (Å²) >= 11 is 4.89. The van der Waals surface area contributed by atoms with Crippen molar-refractivity contribution in [2.24, 2.45) is 0 Å². The molecule has 0 aromatic heterocycles. The van der Waals surface area contributed by atoms with Crippen LogP contribution in [0.3, 0.4) is 0 Å². The first-order valence-electron chi connectivity index (χ1n) is 6.68. The second-order valence-corrected chi connectivity index (χ2v) is 9.78. The van der Waals surface area contributed by atoms with Gasteiger partial charge in [-0.2, -0.15) is 0 Å². The molecule has 2 unspecified atom stereocenters. The van der Waals surface area contributed by atoms with Gasteiger partial charge in [-0.05, 0) is 31.5 Å². The molecule has 1 aromatic carbocycles. The van der Waals surface area contributed by atoms with Crippen molar-refractivity contribution in [3.8, 4) is 0 Å². The number of amides is 1. The summed E-state index contributed by atoms with van der Waals surface area (Å²) in [4.78, 5) is 15.0. The van der Waals surface area contributed by atoms with Crippen LogP contribution in [0.15, 0.2) is 33.6 Å². The van der Waals surface area contributed by atoms with Gasteiger partial charge in [0.05, 0.1) is 16.8 Å². The third-order valence-electron chi connectivity index (χ3n) is 3.56. The first-order valence-corrected chi connectivity index (χ1v) is 10.2. The molecule has 21 heavy (non-hydrogen) atoms. The molecule has 0 bridgehead atoms. The van der Waals surface area contributed by atoms with E-state index in [0.29, 0.717) is 6.42 Å². The Kier molecular flexibility index (Phi) is 5.38. The average molecular weight is 392 g/mol. The number of nitrogens with zero attached hydrogens (tertiary/aromatic N) is 1. The summed E-state index contributed by atoms with van der Waals surface area (Å²) in [5.41, 5.74) is 0. The van der Waals surface area contributed by atoms with Crippen molar-refractivity contribution in [3.63, 3.8) is 0 Å². The van der Waals surface area contributed by atoms with E-state index in [1.807, 2.05) is 31.2 Å². The first-order chi connectivity index (χ1) is 9.78. The van der Waals surface area contributed by atoms with Crippen LogP contribution in [0.2, 0.25) is 0 Å². The van der Waals surface area contributed by atoms with Crippen molar-refractivity contribution >= 4 is 43.4 Å². The molecular formula is C14H18BrNO3S2. The Bertz CT molecular complexity index is 633. The van der Waals surface area contributed by atoms with E-state index < -0.39 is 9.84 Å². The molecule has 7 heteroatoms. The molecule has 0 N–H and O–H groups in total. The number of sulfone groups is 1. The second-order valence-electron chi connectivity index (χ2n) is 5.22. The van der Waals surface area contributed by atoms with Crippen LogP contribution in [-0.4, -0.2) is 49.1 Å². The summed E-state index contributed by atoms with van der Waals surface area (Å²) < 4.78 is 24.0. The lowest BCUT2D eigenvalue weighted by Crippen LogP contribution is -2.41. The van der Waals surface area contributed by atoms with E-state index in [1.165, 1.54) is 11.8 Å². The number of carbonyl (C=O) groups is 1. The minimum absolute atomic E-state index is 0.0259. The Morgan fingerprint density at radius 1 is 1.48 bits per heavy atom. The van der Waals surface area contributed by atoms with Crippen LogP contribution in [0.25, 0.3) is 0 Å².